The van der Waals surface area contributed by atoms with Crippen LogP contribution in [-0.2, 0) is 38.3 Å². The van der Waals surface area contributed by atoms with Gasteiger partial charge >= 0.3 is 6.18 Å². The van der Waals surface area contributed by atoms with E-state index in [0.717, 1.165) is 57.5 Å². The molecule has 15 aromatic rings. The van der Waals surface area contributed by atoms with E-state index in [0.29, 0.717) is 92.8 Å². The van der Waals surface area contributed by atoms with Crippen LogP contribution in [0.25, 0.3) is 0 Å². The Balaban J connectivity index is 0.000000156. The standard InChI is InChI=1S/C19H14ClF3N4O.C19H17ClN4O.C19H14FN5O.C18H14Cl2N4O.C18H14ClFN4O/c1-27(17-9-24-11-25-10-17)16-5-12(4-14(20)6-16)18(28)7-15-3-2-13(8-26-15)19(21,22)23;1-13-3-14(9-21-8-13)4-19(25)15-5-16(20)7-17(6-15)24(2)18-10-22-12-23-11-18;1-25(18-10-22-12-23-11-18)17-5-14(4-15(20)6-17)19(26)7-16-3-2-13(8-21)9-24-16;1-24(17-9-21-11-22-10-17)16-5-12(4-14(20)7-16)18(25)8-15-6-13(19)2-3-23-15;1-24(16-9-21-11-22-10-16)15-6-12(5-13(19)7-15)17(25)8-14-3-2-4-18(20)23-14/h2-6,8-11H,7H2,1H3;3,5-12H,4H2,1-2H3;2-6,9-12H,7H2,1H3;2*2-7,9-11H,8H2,1H3. The lowest BCUT2D eigenvalue weighted by molar-refractivity contribution is -0.137. The maximum absolute atomic E-state index is 14.0. The third-order valence-corrected chi connectivity index (χ3v) is 20.1. The number of benzene rings is 5. The molecule has 0 aliphatic rings. The van der Waals surface area contributed by atoms with Crippen molar-refractivity contribution in [3.05, 3.63) is 386 Å². The first-order chi connectivity index (χ1) is 61.9. The molecule has 129 heavy (non-hydrogen) atoms. The molecule has 0 fully saturated rings. The molecule has 0 amide bonds. The van der Waals surface area contributed by atoms with E-state index in [1.54, 1.807) is 202 Å². The minimum Gasteiger partial charge on any atom is -0.342 e. The number of alkyl halides is 3. The Morgan fingerprint density at radius 2 is 0.698 bits per heavy atom. The second kappa shape index (κ2) is 45.4. The molecule has 650 valence electrons. The Bertz CT molecular complexity index is 6100. The highest BCUT2D eigenvalue weighted by atomic mass is 35.5. The molecule has 0 spiro atoms. The van der Waals surface area contributed by atoms with E-state index in [9.17, 15) is 45.9 Å². The molecule has 26 nitrogen and oxygen atoms in total. The van der Waals surface area contributed by atoms with Gasteiger partial charge in [0.25, 0.3) is 0 Å². The molecule has 0 N–H and O–H groups in total. The van der Waals surface area contributed by atoms with E-state index in [1.807, 2.05) is 61.0 Å². The summed E-state index contributed by atoms with van der Waals surface area (Å²) < 4.78 is 65.1. The number of anilines is 10. The summed E-state index contributed by atoms with van der Waals surface area (Å²) in [5, 5.41) is 11.1. The van der Waals surface area contributed by atoms with Crippen LogP contribution in [0, 0.1) is 30.0 Å². The summed E-state index contributed by atoms with van der Waals surface area (Å²) in [5.41, 5.74) is 12.5. The molecule has 5 aromatic carbocycles. The van der Waals surface area contributed by atoms with Gasteiger partial charge in [-0.15, -0.1) is 0 Å². The fraction of sp³-hybridized carbons (Fsp3) is 0.129. The summed E-state index contributed by atoms with van der Waals surface area (Å²) in [5.74, 6) is -1.98. The molecular formula is C93H73Cl5F5N21O5. The van der Waals surface area contributed by atoms with Gasteiger partial charge in [-0.3, -0.25) is 43.9 Å². The maximum Gasteiger partial charge on any atom is 0.417 e. The lowest BCUT2D eigenvalue weighted by Crippen LogP contribution is -2.12. The van der Waals surface area contributed by atoms with Crippen LogP contribution < -0.4 is 24.5 Å². The summed E-state index contributed by atoms with van der Waals surface area (Å²) in [6, 6.07) is 41.5. The quantitative estimate of drug-likeness (QED) is 0.0291. The summed E-state index contributed by atoms with van der Waals surface area (Å²) >= 11 is 30.7. The van der Waals surface area contributed by atoms with Crippen molar-refractivity contribution in [2.24, 2.45) is 0 Å². The second-order valence-electron chi connectivity index (χ2n) is 28.2. The number of carbonyl (C=O) groups is 5. The zero-order valence-electron chi connectivity index (χ0n) is 69.2. The van der Waals surface area contributed by atoms with E-state index >= 15 is 0 Å². The minimum atomic E-state index is -4.47. The van der Waals surface area contributed by atoms with Crippen LogP contribution in [0.5, 0.6) is 0 Å². The van der Waals surface area contributed by atoms with Gasteiger partial charge in [0.2, 0.25) is 5.95 Å². The molecule has 0 aliphatic carbocycles. The number of halogens is 10. The first-order valence-corrected chi connectivity index (χ1v) is 40.4. The number of nitriles is 1. The molecule has 10 aromatic heterocycles. The van der Waals surface area contributed by atoms with Gasteiger partial charge in [-0.2, -0.15) is 22.8 Å². The van der Waals surface area contributed by atoms with Gasteiger partial charge in [-0.25, -0.2) is 59.2 Å². The summed E-state index contributed by atoms with van der Waals surface area (Å²) in [6.07, 6.45) is 26.7. The monoisotopic (exact) mass is 1830 g/mol. The number of rotatable bonds is 25. The van der Waals surface area contributed by atoms with Crippen molar-refractivity contribution in [3.63, 3.8) is 0 Å². The van der Waals surface area contributed by atoms with Crippen molar-refractivity contribution in [1.82, 2.24) is 74.8 Å². The van der Waals surface area contributed by atoms with E-state index in [4.69, 9.17) is 63.3 Å². The molecule has 0 atom stereocenters. The number of aromatic nitrogens is 15. The number of pyridine rings is 5. The fourth-order valence-electron chi connectivity index (χ4n) is 12.2. The number of carbonyl (C=O) groups excluding carboxylic acids is 5. The zero-order chi connectivity index (χ0) is 92.3. The zero-order valence-corrected chi connectivity index (χ0v) is 73.0. The van der Waals surface area contributed by atoms with Crippen LogP contribution in [0.2, 0.25) is 25.1 Å². The Hall–Kier alpha value is -14.8. The number of aryl methyl sites for hydroxylation is 1. The Morgan fingerprint density at radius 1 is 0.341 bits per heavy atom. The lowest BCUT2D eigenvalue weighted by Gasteiger charge is -2.19. The number of ketones is 5. The van der Waals surface area contributed by atoms with Crippen molar-refractivity contribution >= 4 is 144 Å². The molecule has 0 aliphatic heterocycles. The molecule has 0 radical (unpaired) electrons. The summed E-state index contributed by atoms with van der Waals surface area (Å²) in [4.78, 5) is 132. The largest absolute Gasteiger partial charge is 0.417 e. The first-order valence-electron chi connectivity index (χ1n) is 38.5. The molecule has 15 rings (SSSR count). The van der Waals surface area contributed by atoms with Gasteiger partial charge in [0.1, 0.15) is 43.5 Å². The molecular weight excluding hydrogens is 1760 g/mol. The first kappa shape index (κ1) is 94.9. The van der Waals surface area contributed by atoms with E-state index in [1.165, 1.54) is 74.2 Å². The molecule has 0 unspecified atom stereocenters. The molecule has 36 heteroatoms. The topological polar surface area (TPSA) is 319 Å². The third-order valence-electron chi connectivity index (χ3n) is 19.0. The van der Waals surface area contributed by atoms with Crippen molar-refractivity contribution in [3.8, 4) is 6.07 Å². The van der Waals surface area contributed by atoms with E-state index < -0.39 is 23.5 Å². The van der Waals surface area contributed by atoms with Gasteiger partial charge in [0, 0.05) is 171 Å². The SMILES string of the molecule is CN(c1cncnc1)c1cc(Cl)cc(C(=O)Cc2cc(Cl)ccn2)c1.CN(c1cncnc1)c1cc(Cl)cc(C(=O)Cc2ccc(C(F)(F)F)cn2)c1.CN(c1cncnc1)c1cc(Cl)cc(C(=O)Cc2cccc(F)n2)c1.CN(c1cncnc1)c1cc(F)cc(C(=O)Cc2ccc(C#N)cn2)c1.Cc1cncc(CC(=O)c2cc(Cl)cc(N(C)c3cncnc3)c2)c1. The minimum absolute atomic E-state index is 0.00426. The Morgan fingerprint density at radius 3 is 1.04 bits per heavy atom. The van der Waals surface area contributed by atoms with Crippen molar-refractivity contribution in [2.75, 3.05) is 59.7 Å². The number of Topliss-reactive ketones (excluding diaryl/α,β-unsaturated/α-hetero) is 5. The predicted octanol–water partition coefficient (Wildman–Crippen LogP) is 20.1. The average Bonchev–Trinajstić information content (AvgIpc) is 0.834. The Labute approximate surface area is 761 Å². The number of nitrogens with zero attached hydrogens (tertiary/aromatic N) is 21. The van der Waals surface area contributed by atoms with Crippen LogP contribution in [0.15, 0.2) is 276 Å². The van der Waals surface area contributed by atoms with Crippen LogP contribution in [0.3, 0.4) is 0 Å². The highest BCUT2D eigenvalue weighted by molar-refractivity contribution is 6.33. The smallest absolute Gasteiger partial charge is 0.342 e. The van der Waals surface area contributed by atoms with Crippen molar-refractivity contribution in [1.29, 1.82) is 5.26 Å². The molecule has 0 saturated heterocycles. The highest BCUT2D eigenvalue weighted by Crippen LogP contribution is 2.35. The summed E-state index contributed by atoms with van der Waals surface area (Å²) in [7, 11) is 9.08. The normalized spacial score (nSPS) is 10.6. The third kappa shape index (κ3) is 28.1. The van der Waals surface area contributed by atoms with Gasteiger partial charge in [-0.1, -0.05) is 70.1 Å². The van der Waals surface area contributed by atoms with E-state index in [2.05, 4.69) is 74.8 Å². The van der Waals surface area contributed by atoms with Crippen LogP contribution >= 0.6 is 58.0 Å². The van der Waals surface area contributed by atoms with Gasteiger partial charge in [0.15, 0.2) is 28.9 Å². The number of hydrogen-bond donors (Lipinski definition) is 0. The maximum atomic E-state index is 14.0. The van der Waals surface area contributed by atoms with Gasteiger partial charge in [0.05, 0.1) is 133 Å². The lowest BCUT2D eigenvalue weighted by atomic mass is 10.0. The van der Waals surface area contributed by atoms with Crippen LogP contribution in [0.4, 0.5) is 78.8 Å². The predicted molar refractivity (Wildman–Crippen MR) is 483 cm³/mol. The fourth-order valence-corrected chi connectivity index (χ4v) is 13.3. The van der Waals surface area contributed by atoms with Crippen LogP contribution in [-0.4, -0.2) is 139 Å². The summed E-state index contributed by atoms with van der Waals surface area (Å²) in [6.45, 7) is 1.95. The Kier molecular flexibility index (Phi) is 33.4. The average molecular weight is 1840 g/mol. The highest BCUT2D eigenvalue weighted by Gasteiger charge is 2.31. The molecule has 10 heterocycles. The van der Waals surface area contributed by atoms with Gasteiger partial charge < -0.3 is 24.5 Å². The second-order valence-corrected chi connectivity index (χ2v) is 30.4. The number of hydrogen-bond acceptors (Lipinski definition) is 26. The van der Waals surface area contributed by atoms with Gasteiger partial charge in [-0.05, 0) is 158 Å². The van der Waals surface area contributed by atoms with Crippen molar-refractivity contribution in [2.45, 2.75) is 45.2 Å². The van der Waals surface area contributed by atoms with Crippen molar-refractivity contribution < 1.29 is 45.9 Å². The van der Waals surface area contributed by atoms with Crippen LogP contribution in [0.1, 0.15) is 96.8 Å². The molecule has 0 bridgehead atoms. The molecule has 0 saturated carbocycles. The van der Waals surface area contributed by atoms with E-state index in [-0.39, 0.29) is 72.3 Å².